The van der Waals surface area contributed by atoms with Gasteiger partial charge in [0.25, 0.3) is 0 Å². The van der Waals surface area contributed by atoms with E-state index in [-0.39, 0.29) is 0 Å². The molecule has 0 aromatic heterocycles. The minimum absolute atomic E-state index is 0.315. The van der Waals surface area contributed by atoms with Gasteiger partial charge in [0.2, 0.25) is 0 Å². The fourth-order valence-electron chi connectivity index (χ4n) is 3.38. The molecule has 0 radical (unpaired) electrons. The maximum absolute atomic E-state index is 12.2. The molecule has 0 N–H and O–H groups in total. The fraction of sp³-hybridized carbons (Fsp3) is 0.500. The van der Waals surface area contributed by atoms with E-state index in [1.54, 1.807) is 0 Å². The third-order valence-corrected chi connectivity index (χ3v) is 4.06. The van der Waals surface area contributed by atoms with Crippen molar-refractivity contribution in [2.45, 2.75) is 38.5 Å². The van der Waals surface area contributed by atoms with Crippen molar-refractivity contribution >= 4 is 5.78 Å². The highest BCUT2D eigenvalue weighted by Gasteiger charge is 2.41. The van der Waals surface area contributed by atoms with Gasteiger partial charge in [-0.25, -0.2) is 0 Å². The first-order chi connectivity index (χ1) is 7.29. The van der Waals surface area contributed by atoms with Gasteiger partial charge in [-0.05, 0) is 36.8 Å². The first-order valence-electron chi connectivity index (χ1n) is 5.93. The van der Waals surface area contributed by atoms with Crippen molar-refractivity contribution in [2.24, 2.45) is 5.92 Å². The summed E-state index contributed by atoms with van der Waals surface area (Å²) >= 11 is 0. The molecule has 2 aliphatic carbocycles. The average Bonchev–Trinajstić information content (AvgIpc) is 2.55. The Morgan fingerprint density at radius 1 is 1.13 bits per heavy atom. The molecule has 3 rings (SSSR count). The molecule has 0 bridgehead atoms. The molecule has 0 heterocycles. The number of rotatable bonds is 0. The average molecular weight is 200 g/mol. The Kier molecular flexibility index (Phi) is 1.95. The molecule has 78 valence electrons. The van der Waals surface area contributed by atoms with E-state index in [2.05, 4.69) is 13.0 Å². The molecule has 1 nitrogen and oxygen atoms in total. The van der Waals surface area contributed by atoms with Gasteiger partial charge in [0.05, 0.1) is 0 Å². The Hall–Kier alpha value is -1.11. The van der Waals surface area contributed by atoms with Crippen LogP contribution in [0.25, 0.3) is 0 Å². The van der Waals surface area contributed by atoms with Crippen LogP contribution in [0.4, 0.5) is 0 Å². The lowest BCUT2D eigenvalue weighted by atomic mass is 9.78. The number of ketones is 1. The molecule has 0 aliphatic heterocycles. The summed E-state index contributed by atoms with van der Waals surface area (Å²) in [5.74, 6) is 1.27. The van der Waals surface area contributed by atoms with Gasteiger partial charge in [-0.3, -0.25) is 4.79 Å². The zero-order chi connectivity index (χ0) is 10.4. The Labute approximate surface area is 90.5 Å². The van der Waals surface area contributed by atoms with Crippen LogP contribution in [0.2, 0.25) is 0 Å². The largest absolute Gasteiger partial charge is 0.294 e. The van der Waals surface area contributed by atoms with E-state index in [9.17, 15) is 4.79 Å². The number of carbonyl (C=O) groups excluding carboxylic acids is 1. The number of Topliss-reactive ketones (excluding diaryl/α,β-unsaturated/α-hetero) is 1. The fourth-order valence-corrected chi connectivity index (χ4v) is 3.38. The summed E-state index contributed by atoms with van der Waals surface area (Å²) in [5.41, 5.74) is 3.70. The SMILES string of the molecule is Cc1cccc2c1C1CCCCC1C2=O. The van der Waals surface area contributed by atoms with Gasteiger partial charge >= 0.3 is 0 Å². The third kappa shape index (κ3) is 1.19. The molecule has 1 fully saturated rings. The lowest BCUT2D eigenvalue weighted by Crippen LogP contribution is -2.17. The van der Waals surface area contributed by atoms with E-state index in [0.717, 1.165) is 12.0 Å². The normalized spacial score (nSPS) is 28.7. The van der Waals surface area contributed by atoms with Gasteiger partial charge in [0.1, 0.15) is 0 Å². The smallest absolute Gasteiger partial charge is 0.166 e. The molecule has 0 amide bonds. The Morgan fingerprint density at radius 2 is 1.87 bits per heavy atom. The number of hydrogen-bond acceptors (Lipinski definition) is 1. The van der Waals surface area contributed by atoms with Gasteiger partial charge in [-0.15, -0.1) is 0 Å². The molecule has 2 aliphatic rings. The Bertz CT molecular complexity index is 419. The summed E-state index contributed by atoms with van der Waals surface area (Å²) in [4.78, 5) is 12.2. The first-order valence-corrected chi connectivity index (χ1v) is 5.93. The predicted molar refractivity (Wildman–Crippen MR) is 60.2 cm³/mol. The van der Waals surface area contributed by atoms with Crippen LogP contribution >= 0.6 is 0 Å². The maximum Gasteiger partial charge on any atom is 0.166 e. The van der Waals surface area contributed by atoms with Crippen molar-refractivity contribution in [1.29, 1.82) is 0 Å². The third-order valence-electron chi connectivity index (χ3n) is 4.06. The zero-order valence-corrected chi connectivity index (χ0v) is 9.12. The monoisotopic (exact) mass is 200 g/mol. The van der Waals surface area contributed by atoms with Crippen LogP contribution in [0.15, 0.2) is 18.2 Å². The van der Waals surface area contributed by atoms with Crippen LogP contribution in [0, 0.1) is 12.8 Å². The highest BCUT2D eigenvalue weighted by atomic mass is 16.1. The molecule has 0 spiro atoms. The minimum atomic E-state index is 0.315. The van der Waals surface area contributed by atoms with Crippen LogP contribution in [-0.2, 0) is 0 Å². The van der Waals surface area contributed by atoms with E-state index in [4.69, 9.17) is 0 Å². The van der Waals surface area contributed by atoms with Gasteiger partial charge in [-0.2, -0.15) is 0 Å². The van der Waals surface area contributed by atoms with Gasteiger partial charge in [0.15, 0.2) is 5.78 Å². The van der Waals surface area contributed by atoms with Crippen LogP contribution < -0.4 is 0 Å². The summed E-state index contributed by atoms with van der Waals surface area (Å²) < 4.78 is 0. The van der Waals surface area contributed by atoms with E-state index in [0.29, 0.717) is 17.6 Å². The van der Waals surface area contributed by atoms with Crippen molar-refractivity contribution < 1.29 is 4.79 Å². The molecule has 2 unspecified atom stereocenters. The maximum atomic E-state index is 12.2. The molecule has 1 aromatic rings. The summed E-state index contributed by atoms with van der Waals surface area (Å²) in [6, 6.07) is 6.18. The second-order valence-electron chi connectivity index (χ2n) is 4.90. The molecule has 2 atom stereocenters. The second-order valence-corrected chi connectivity index (χ2v) is 4.90. The topological polar surface area (TPSA) is 17.1 Å². The molecule has 15 heavy (non-hydrogen) atoms. The van der Waals surface area contributed by atoms with Gasteiger partial charge in [-0.1, -0.05) is 31.0 Å². The van der Waals surface area contributed by atoms with E-state index >= 15 is 0 Å². The molecule has 0 saturated heterocycles. The van der Waals surface area contributed by atoms with Crippen molar-refractivity contribution in [1.82, 2.24) is 0 Å². The minimum Gasteiger partial charge on any atom is -0.294 e. The molecule has 1 heteroatoms. The van der Waals surface area contributed by atoms with Crippen LogP contribution in [-0.4, -0.2) is 5.78 Å². The molecule has 1 aromatic carbocycles. The number of hydrogen-bond donors (Lipinski definition) is 0. The van der Waals surface area contributed by atoms with E-state index in [1.165, 1.54) is 30.4 Å². The lowest BCUT2D eigenvalue weighted by Gasteiger charge is -2.24. The highest BCUT2D eigenvalue weighted by molar-refractivity contribution is 6.03. The number of carbonyl (C=O) groups is 1. The predicted octanol–water partition coefficient (Wildman–Crippen LogP) is 3.47. The number of fused-ring (bicyclic) bond motifs is 3. The lowest BCUT2D eigenvalue weighted by molar-refractivity contribution is 0.0898. The quantitative estimate of drug-likeness (QED) is 0.626. The molecular formula is C14H16O. The standard InChI is InChI=1S/C14H16O/c1-9-5-4-8-12-13(9)10-6-2-3-7-11(10)14(12)15/h4-5,8,10-11H,2-3,6-7H2,1H3. The molecule has 1 saturated carbocycles. The zero-order valence-electron chi connectivity index (χ0n) is 9.12. The van der Waals surface area contributed by atoms with E-state index in [1.807, 2.05) is 12.1 Å². The number of aryl methyl sites for hydroxylation is 1. The second kappa shape index (κ2) is 3.19. The van der Waals surface area contributed by atoms with Crippen molar-refractivity contribution in [3.63, 3.8) is 0 Å². The summed E-state index contributed by atoms with van der Waals surface area (Å²) in [6.45, 7) is 2.14. The van der Waals surface area contributed by atoms with Crippen LogP contribution in [0.5, 0.6) is 0 Å². The number of benzene rings is 1. The van der Waals surface area contributed by atoms with Gasteiger partial charge < -0.3 is 0 Å². The molecular weight excluding hydrogens is 184 g/mol. The first kappa shape index (κ1) is 9.14. The van der Waals surface area contributed by atoms with Crippen LogP contribution in [0.3, 0.4) is 0 Å². The van der Waals surface area contributed by atoms with E-state index < -0.39 is 0 Å². The van der Waals surface area contributed by atoms with Crippen LogP contribution in [0.1, 0.15) is 53.1 Å². The van der Waals surface area contributed by atoms with Crippen molar-refractivity contribution in [3.8, 4) is 0 Å². The Balaban J connectivity index is 2.16. The van der Waals surface area contributed by atoms with Gasteiger partial charge in [0, 0.05) is 11.5 Å². The highest BCUT2D eigenvalue weighted by Crippen LogP contribution is 2.47. The Morgan fingerprint density at radius 3 is 2.67 bits per heavy atom. The van der Waals surface area contributed by atoms with Crippen molar-refractivity contribution in [3.05, 3.63) is 34.9 Å². The van der Waals surface area contributed by atoms with Crippen molar-refractivity contribution in [2.75, 3.05) is 0 Å². The summed E-state index contributed by atoms with van der Waals surface area (Å²) in [5, 5.41) is 0. The summed E-state index contributed by atoms with van der Waals surface area (Å²) in [6.07, 6.45) is 4.86. The summed E-state index contributed by atoms with van der Waals surface area (Å²) in [7, 11) is 0.